The van der Waals surface area contributed by atoms with E-state index in [4.69, 9.17) is 4.74 Å². The Bertz CT molecular complexity index is 692. The number of piperidine rings is 1. The van der Waals surface area contributed by atoms with Crippen molar-refractivity contribution in [1.29, 1.82) is 0 Å². The summed E-state index contributed by atoms with van der Waals surface area (Å²) in [5.41, 5.74) is 1.88. The molecule has 1 aromatic rings. The first kappa shape index (κ1) is 17.7. The lowest BCUT2D eigenvalue weighted by Crippen LogP contribution is -2.45. The fourth-order valence-corrected chi connectivity index (χ4v) is 4.27. The highest BCUT2D eigenvalue weighted by Gasteiger charge is 2.27. The molecule has 1 aliphatic rings. The van der Waals surface area contributed by atoms with Crippen molar-refractivity contribution in [2.75, 3.05) is 20.2 Å². The van der Waals surface area contributed by atoms with Gasteiger partial charge >= 0.3 is 0 Å². The molecule has 0 bridgehead atoms. The summed E-state index contributed by atoms with van der Waals surface area (Å²) in [4.78, 5) is 13.2. The van der Waals surface area contributed by atoms with Crippen LogP contribution in [0.1, 0.15) is 30.9 Å². The molecule has 2 rings (SSSR count). The molecular weight excluding hydrogens is 316 g/mol. The maximum Gasteiger partial charge on any atom is 0.244 e. The van der Waals surface area contributed by atoms with Crippen molar-refractivity contribution in [1.82, 2.24) is 9.62 Å². The lowest BCUT2D eigenvalue weighted by Gasteiger charge is -2.31. The summed E-state index contributed by atoms with van der Waals surface area (Å²) in [6, 6.07) is 3.21. The first-order chi connectivity index (χ1) is 10.7. The lowest BCUT2D eigenvalue weighted by atomic mass is 10.1. The molecule has 7 heteroatoms. The average molecular weight is 340 g/mol. The van der Waals surface area contributed by atoms with Crippen LogP contribution in [0.25, 0.3) is 0 Å². The third-order valence-corrected chi connectivity index (χ3v) is 5.87. The number of sulfonamides is 1. The lowest BCUT2D eigenvalue weighted by molar-refractivity contribution is -0.129. The van der Waals surface area contributed by atoms with Crippen LogP contribution in [0.15, 0.2) is 17.0 Å². The van der Waals surface area contributed by atoms with Crippen molar-refractivity contribution in [2.45, 2.75) is 44.6 Å². The normalized spacial score (nSPS) is 16.4. The molecule has 1 aromatic carbocycles. The fraction of sp³-hybridized carbons (Fsp3) is 0.562. The van der Waals surface area contributed by atoms with E-state index in [2.05, 4.69) is 4.72 Å². The summed E-state index contributed by atoms with van der Waals surface area (Å²) in [6.07, 6.45) is 1.23. The Kier molecular flexibility index (Phi) is 5.31. The van der Waals surface area contributed by atoms with Crippen LogP contribution >= 0.6 is 0 Å². The first-order valence-electron chi connectivity index (χ1n) is 7.67. The molecule has 128 valence electrons. The summed E-state index contributed by atoms with van der Waals surface area (Å²) in [5.74, 6) is 0.379. The van der Waals surface area contributed by atoms with Gasteiger partial charge < -0.3 is 9.64 Å². The quantitative estimate of drug-likeness (QED) is 0.903. The second kappa shape index (κ2) is 6.88. The molecule has 0 unspecified atom stereocenters. The van der Waals surface area contributed by atoms with E-state index >= 15 is 0 Å². The van der Waals surface area contributed by atoms with Crippen molar-refractivity contribution in [3.8, 4) is 5.75 Å². The molecule has 6 nitrogen and oxygen atoms in total. The molecule has 23 heavy (non-hydrogen) atoms. The highest BCUT2D eigenvalue weighted by atomic mass is 32.2. The maximum atomic E-state index is 12.7. The molecule has 1 aliphatic heterocycles. The summed E-state index contributed by atoms with van der Waals surface area (Å²) in [6.45, 7) is 6.47. The van der Waals surface area contributed by atoms with Crippen molar-refractivity contribution in [2.24, 2.45) is 0 Å². The predicted octanol–water partition coefficient (Wildman–Crippen LogP) is 1.60. The second-order valence-corrected chi connectivity index (χ2v) is 7.67. The zero-order chi connectivity index (χ0) is 17.2. The van der Waals surface area contributed by atoms with Crippen molar-refractivity contribution in [3.05, 3.63) is 23.3 Å². The Morgan fingerprint density at radius 3 is 2.30 bits per heavy atom. The van der Waals surface area contributed by atoms with E-state index in [-0.39, 0.29) is 16.8 Å². The molecule has 1 amide bonds. The molecule has 0 atom stereocenters. The SMILES string of the molecule is COc1cc(C)c(C)cc1S(=O)(=O)NC1CCN(C(C)=O)CC1. The van der Waals surface area contributed by atoms with Crippen LogP contribution in [0.4, 0.5) is 0 Å². The third-order valence-electron chi connectivity index (χ3n) is 4.33. The largest absolute Gasteiger partial charge is 0.495 e. The zero-order valence-corrected chi connectivity index (χ0v) is 14.9. The number of amides is 1. The monoisotopic (exact) mass is 340 g/mol. The minimum atomic E-state index is -3.66. The van der Waals surface area contributed by atoms with Gasteiger partial charge in [0.2, 0.25) is 15.9 Å². The van der Waals surface area contributed by atoms with E-state index in [1.54, 1.807) is 17.0 Å². The smallest absolute Gasteiger partial charge is 0.244 e. The summed E-state index contributed by atoms with van der Waals surface area (Å²) in [7, 11) is -2.19. The fourth-order valence-electron chi connectivity index (χ4n) is 2.73. The summed E-state index contributed by atoms with van der Waals surface area (Å²) < 4.78 is 33.4. The van der Waals surface area contributed by atoms with Gasteiger partial charge in [-0.3, -0.25) is 4.79 Å². The van der Waals surface area contributed by atoms with Gasteiger partial charge in [-0.2, -0.15) is 0 Å². The van der Waals surface area contributed by atoms with Crippen molar-refractivity contribution < 1.29 is 17.9 Å². The molecule has 0 saturated carbocycles. The second-order valence-electron chi connectivity index (χ2n) is 5.99. The molecular formula is C16H24N2O4S. The summed E-state index contributed by atoms with van der Waals surface area (Å²) in [5, 5.41) is 0. The predicted molar refractivity (Wildman–Crippen MR) is 88.1 cm³/mol. The molecule has 0 spiro atoms. The standard InChI is InChI=1S/C16H24N2O4S/c1-11-9-15(22-4)16(10-12(11)2)23(20,21)17-14-5-7-18(8-6-14)13(3)19/h9-10,14,17H,5-8H2,1-4H3. The van der Waals surface area contributed by atoms with E-state index in [0.717, 1.165) is 11.1 Å². The number of hydrogen-bond acceptors (Lipinski definition) is 4. The van der Waals surface area contributed by atoms with E-state index in [1.807, 2.05) is 13.8 Å². The highest BCUT2D eigenvalue weighted by molar-refractivity contribution is 7.89. The number of hydrogen-bond donors (Lipinski definition) is 1. The molecule has 1 N–H and O–H groups in total. The van der Waals surface area contributed by atoms with E-state index in [1.165, 1.54) is 14.0 Å². The zero-order valence-electron chi connectivity index (χ0n) is 14.0. The van der Waals surface area contributed by atoms with Crippen LogP contribution in [-0.2, 0) is 14.8 Å². The minimum absolute atomic E-state index is 0.0298. The number of benzene rings is 1. The van der Waals surface area contributed by atoms with Gasteiger partial charge in [0.1, 0.15) is 10.6 Å². The van der Waals surface area contributed by atoms with Gasteiger partial charge in [-0.1, -0.05) is 0 Å². The number of nitrogens with one attached hydrogen (secondary N) is 1. The number of likely N-dealkylation sites (tertiary alicyclic amines) is 1. The van der Waals surface area contributed by atoms with E-state index < -0.39 is 10.0 Å². The van der Waals surface area contributed by atoms with Crippen LogP contribution in [0.2, 0.25) is 0 Å². The van der Waals surface area contributed by atoms with E-state index in [9.17, 15) is 13.2 Å². The Balaban J connectivity index is 2.17. The van der Waals surface area contributed by atoms with Crippen molar-refractivity contribution in [3.63, 3.8) is 0 Å². The maximum absolute atomic E-state index is 12.7. The number of carbonyl (C=O) groups is 1. The van der Waals surface area contributed by atoms with Gasteiger partial charge in [0.05, 0.1) is 7.11 Å². The first-order valence-corrected chi connectivity index (χ1v) is 9.16. The van der Waals surface area contributed by atoms with Crippen molar-refractivity contribution >= 4 is 15.9 Å². The minimum Gasteiger partial charge on any atom is -0.495 e. The van der Waals surface area contributed by atoms with Gasteiger partial charge in [-0.25, -0.2) is 13.1 Å². The van der Waals surface area contributed by atoms with Crippen LogP contribution in [0, 0.1) is 13.8 Å². The number of methoxy groups -OCH3 is 1. The van der Waals surface area contributed by atoms with E-state index in [0.29, 0.717) is 31.7 Å². The van der Waals surface area contributed by atoms with Crippen LogP contribution in [-0.4, -0.2) is 45.5 Å². The number of rotatable bonds is 4. The van der Waals surface area contributed by atoms with Crippen LogP contribution in [0.3, 0.4) is 0 Å². The highest BCUT2D eigenvalue weighted by Crippen LogP contribution is 2.28. The summed E-state index contributed by atoms with van der Waals surface area (Å²) >= 11 is 0. The van der Waals surface area contributed by atoms with Gasteiger partial charge in [-0.15, -0.1) is 0 Å². The van der Waals surface area contributed by atoms with Gasteiger partial charge in [0.15, 0.2) is 0 Å². The molecule has 0 aliphatic carbocycles. The Morgan fingerprint density at radius 1 is 1.22 bits per heavy atom. The number of nitrogens with zero attached hydrogens (tertiary/aromatic N) is 1. The topological polar surface area (TPSA) is 75.7 Å². The van der Waals surface area contributed by atoms with Gasteiger partial charge in [0, 0.05) is 26.1 Å². The average Bonchev–Trinajstić information content (AvgIpc) is 2.49. The Morgan fingerprint density at radius 2 is 1.78 bits per heavy atom. The number of aryl methyl sites for hydroxylation is 2. The molecule has 1 heterocycles. The Hall–Kier alpha value is -1.60. The molecule has 0 aromatic heterocycles. The molecule has 0 radical (unpaired) electrons. The number of carbonyl (C=O) groups excluding carboxylic acids is 1. The molecule has 1 fully saturated rings. The molecule has 1 saturated heterocycles. The Labute approximate surface area is 137 Å². The number of ether oxygens (including phenoxy) is 1. The van der Waals surface area contributed by atoms with Gasteiger partial charge in [-0.05, 0) is 49.9 Å². The third kappa shape index (κ3) is 4.03. The van der Waals surface area contributed by atoms with Crippen LogP contribution in [0.5, 0.6) is 5.75 Å². The van der Waals surface area contributed by atoms with Gasteiger partial charge in [0.25, 0.3) is 0 Å². The van der Waals surface area contributed by atoms with Crippen LogP contribution < -0.4 is 9.46 Å².